The van der Waals surface area contributed by atoms with Crippen molar-refractivity contribution in [1.82, 2.24) is 15.4 Å². The zero-order chi connectivity index (χ0) is 18.1. The van der Waals surface area contributed by atoms with Gasteiger partial charge in [0.05, 0.1) is 5.75 Å². The second-order valence-electron chi connectivity index (χ2n) is 5.51. The lowest BCUT2D eigenvalue weighted by atomic mass is 10.1. The average molecular weight is 498 g/mol. The molecule has 0 fully saturated rings. The van der Waals surface area contributed by atoms with Gasteiger partial charge in [0, 0.05) is 26.7 Å². The van der Waals surface area contributed by atoms with Crippen LogP contribution in [0.3, 0.4) is 0 Å². The van der Waals surface area contributed by atoms with Gasteiger partial charge in [-0.15, -0.1) is 24.0 Å². The van der Waals surface area contributed by atoms with Crippen molar-refractivity contribution in [2.24, 2.45) is 4.99 Å². The minimum atomic E-state index is -3.12. The van der Waals surface area contributed by atoms with Crippen LogP contribution < -0.4 is 24.8 Å². The van der Waals surface area contributed by atoms with Gasteiger partial charge in [0.1, 0.15) is 0 Å². The molecule has 0 aromatic heterocycles. The monoisotopic (exact) mass is 498 g/mol. The molecule has 1 aliphatic heterocycles. The Kier molecular flexibility index (Phi) is 10.0. The van der Waals surface area contributed by atoms with Crippen LogP contribution in [-0.4, -0.2) is 53.6 Å². The molecule has 10 heteroatoms. The number of nitrogens with one attached hydrogen (secondary N) is 3. The number of aliphatic imine (C=N–C) groups is 1. The van der Waals surface area contributed by atoms with E-state index in [-0.39, 0.29) is 36.5 Å². The molecule has 0 unspecified atom stereocenters. The van der Waals surface area contributed by atoms with E-state index in [1.807, 2.05) is 18.2 Å². The second-order valence-corrected chi connectivity index (χ2v) is 7.61. The maximum absolute atomic E-state index is 11.3. The Balaban J connectivity index is 0.00000338. The van der Waals surface area contributed by atoms with Gasteiger partial charge in [0.15, 0.2) is 17.5 Å². The normalized spacial score (nSPS) is 13.2. The van der Waals surface area contributed by atoms with Crippen LogP contribution >= 0.6 is 24.0 Å². The minimum Gasteiger partial charge on any atom is -0.454 e. The van der Waals surface area contributed by atoms with Gasteiger partial charge in [-0.3, -0.25) is 4.99 Å². The number of rotatable bonds is 9. The first-order valence-corrected chi connectivity index (χ1v) is 9.99. The van der Waals surface area contributed by atoms with Crippen LogP contribution in [0.1, 0.15) is 18.9 Å². The Morgan fingerprint density at radius 3 is 2.62 bits per heavy atom. The molecule has 0 bridgehead atoms. The van der Waals surface area contributed by atoms with Crippen molar-refractivity contribution < 1.29 is 17.9 Å². The molecule has 0 saturated heterocycles. The van der Waals surface area contributed by atoms with E-state index in [0.29, 0.717) is 25.5 Å². The molecule has 1 aliphatic rings. The van der Waals surface area contributed by atoms with Crippen molar-refractivity contribution in [2.45, 2.75) is 19.8 Å². The summed E-state index contributed by atoms with van der Waals surface area (Å²) >= 11 is 0. The molecule has 0 radical (unpaired) electrons. The smallest absolute Gasteiger partial charge is 0.231 e. The highest BCUT2D eigenvalue weighted by molar-refractivity contribution is 14.0. The Bertz CT molecular complexity index is 697. The van der Waals surface area contributed by atoms with Gasteiger partial charge >= 0.3 is 0 Å². The van der Waals surface area contributed by atoms with Gasteiger partial charge in [-0.2, -0.15) is 0 Å². The van der Waals surface area contributed by atoms with E-state index >= 15 is 0 Å². The van der Waals surface area contributed by atoms with Gasteiger partial charge in [0.2, 0.25) is 16.8 Å². The van der Waals surface area contributed by atoms with E-state index in [0.717, 1.165) is 30.0 Å². The Labute approximate surface area is 172 Å². The number of guanidine groups is 1. The summed E-state index contributed by atoms with van der Waals surface area (Å²) in [4.78, 5) is 4.15. The van der Waals surface area contributed by atoms with E-state index < -0.39 is 10.0 Å². The molecule has 26 heavy (non-hydrogen) atoms. The van der Waals surface area contributed by atoms with Crippen molar-refractivity contribution in [3.8, 4) is 11.5 Å². The number of hydrogen-bond acceptors (Lipinski definition) is 5. The summed E-state index contributed by atoms with van der Waals surface area (Å²) in [7, 11) is -1.41. The first-order valence-electron chi connectivity index (χ1n) is 8.34. The van der Waals surface area contributed by atoms with E-state index in [1.165, 1.54) is 0 Å². The van der Waals surface area contributed by atoms with Gasteiger partial charge in [-0.1, -0.05) is 6.07 Å². The molecule has 0 amide bonds. The molecule has 0 atom stereocenters. The number of ether oxygens (including phenoxy) is 2. The third-order valence-corrected chi connectivity index (χ3v) is 5.12. The molecule has 0 aliphatic carbocycles. The van der Waals surface area contributed by atoms with Crippen molar-refractivity contribution in [3.63, 3.8) is 0 Å². The number of halogens is 1. The lowest BCUT2D eigenvalue weighted by Gasteiger charge is -2.12. The summed E-state index contributed by atoms with van der Waals surface area (Å²) in [6.07, 6.45) is 1.51. The summed E-state index contributed by atoms with van der Waals surface area (Å²) in [5.41, 5.74) is 1.15. The van der Waals surface area contributed by atoms with E-state index in [2.05, 4.69) is 20.3 Å². The lowest BCUT2D eigenvalue weighted by Crippen LogP contribution is -2.39. The summed E-state index contributed by atoms with van der Waals surface area (Å²) in [6.45, 7) is 3.67. The van der Waals surface area contributed by atoms with Gasteiger partial charge in [-0.25, -0.2) is 13.1 Å². The fraction of sp³-hybridized carbons (Fsp3) is 0.562. The highest BCUT2D eigenvalue weighted by Gasteiger charge is 2.12. The molecular formula is C16H27IN4O4S. The van der Waals surface area contributed by atoms with Crippen LogP contribution in [0.2, 0.25) is 0 Å². The van der Waals surface area contributed by atoms with E-state index in [4.69, 9.17) is 9.47 Å². The molecule has 3 N–H and O–H groups in total. The summed E-state index contributed by atoms with van der Waals surface area (Å²) in [5.74, 6) is 2.37. The molecule has 1 aromatic carbocycles. The average Bonchev–Trinajstić information content (AvgIpc) is 3.07. The maximum atomic E-state index is 11.3. The zero-order valence-electron chi connectivity index (χ0n) is 15.1. The van der Waals surface area contributed by atoms with E-state index in [1.54, 1.807) is 14.0 Å². The van der Waals surface area contributed by atoms with Gasteiger partial charge < -0.3 is 20.1 Å². The predicted octanol–water partition coefficient (Wildman–Crippen LogP) is 1.07. The second kappa shape index (κ2) is 11.4. The summed E-state index contributed by atoms with van der Waals surface area (Å²) < 4.78 is 35.8. The van der Waals surface area contributed by atoms with Crippen molar-refractivity contribution in [1.29, 1.82) is 0 Å². The van der Waals surface area contributed by atoms with E-state index in [9.17, 15) is 8.42 Å². The molecule has 148 valence electrons. The van der Waals surface area contributed by atoms with Crippen LogP contribution in [0.4, 0.5) is 0 Å². The quantitative estimate of drug-likeness (QED) is 0.204. The third-order valence-electron chi connectivity index (χ3n) is 3.71. The highest BCUT2D eigenvalue weighted by atomic mass is 127. The fourth-order valence-electron chi connectivity index (χ4n) is 2.27. The summed E-state index contributed by atoms with van der Waals surface area (Å²) in [6, 6.07) is 5.92. The lowest BCUT2D eigenvalue weighted by molar-refractivity contribution is 0.174. The number of benzene rings is 1. The van der Waals surface area contributed by atoms with Crippen LogP contribution in [0, 0.1) is 0 Å². The van der Waals surface area contributed by atoms with Crippen LogP contribution in [-0.2, 0) is 16.4 Å². The van der Waals surface area contributed by atoms with Crippen molar-refractivity contribution in [3.05, 3.63) is 23.8 Å². The zero-order valence-corrected chi connectivity index (χ0v) is 18.2. The fourth-order valence-corrected chi connectivity index (χ4v) is 2.93. The highest BCUT2D eigenvalue weighted by Crippen LogP contribution is 2.32. The van der Waals surface area contributed by atoms with Gasteiger partial charge in [0.25, 0.3) is 0 Å². The van der Waals surface area contributed by atoms with Crippen LogP contribution in [0.5, 0.6) is 11.5 Å². The predicted molar refractivity (Wildman–Crippen MR) is 113 cm³/mol. The van der Waals surface area contributed by atoms with Crippen LogP contribution in [0.25, 0.3) is 0 Å². The first-order chi connectivity index (χ1) is 12.0. The maximum Gasteiger partial charge on any atom is 0.231 e. The topological polar surface area (TPSA) is 101 Å². The molecule has 1 heterocycles. The molecule has 1 aromatic rings. The van der Waals surface area contributed by atoms with Gasteiger partial charge in [-0.05, 0) is 37.5 Å². The summed E-state index contributed by atoms with van der Waals surface area (Å²) in [5, 5.41) is 6.39. The molecule has 0 saturated carbocycles. The number of hydrogen-bond donors (Lipinski definition) is 3. The third kappa shape index (κ3) is 7.54. The van der Waals surface area contributed by atoms with Crippen molar-refractivity contribution >= 4 is 40.0 Å². The number of fused-ring (bicyclic) bond motifs is 1. The SMILES string of the molecule is CCS(=O)(=O)NCCCNC(=NC)NCCc1ccc2c(c1)OCO2.I. The Morgan fingerprint density at radius 1 is 1.15 bits per heavy atom. The Hall–Kier alpha value is -1.27. The Morgan fingerprint density at radius 2 is 1.88 bits per heavy atom. The molecule has 2 rings (SSSR count). The molecule has 8 nitrogen and oxygen atoms in total. The minimum absolute atomic E-state index is 0. The van der Waals surface area contributed by atoms with Crippen LogP contribution in [0.15, 0.2) is 23.2 Å². The standard InChI is InChI=1S/C16H26N4O4S.HI/c1-3-25(21,22)20-9-4-8-18-16(17-2)19-10-7-13-5-6-14-15(11-13)24-12-23-14;/h5-6,11,20H,3-4,7-10,12H2,1-2H3,(H2,17,18,19);1H. The molecule has 0 spiro atoms. The largest absolute Gasteiger partial charge is 0.454 e. The number of nitrogens with zero attached hydrogens (tertiary/aromatic N) is 1. The molecular weight excluding hydrogens is 471 g/mol. The van der Waals surface area contributed by atoms with Crippen molar-refractivity contribution in [2.75, 3.05) is 39.2 Å². The number of sulfonamides is 1. The first kappa shape index (κ1) is 22.8.